The topological polar surface area (TPSA) is 0 Å². The molecule has 0 amide bonds. The molecule has 0 aromatic heterocycles. The fourth-order valence-electron chi connectivity index (χ4n) is 1.48. The van der Waals surface area contributed by atoms with E-state index in [-0.39, 0.29) is 0 Å². The number of hydrogen-bond donors (Lipinski definition) is 0. The van der Waals surface area contributed by atoms with E-state index in [0.717, 1.165) is 17.8 Å². The average molecular weight is 222 g/mol. The Morgan fingerprint density at radius 3 is 1.38 bits per heavy atom. The Morgan fingerprint density at radius 2 is 1.00 bits per heavy atom. The van der Waals surface area contributed by atoms with Crippen LogP contribution in [0, 0.1) is 29.6 Å². The third-order valence-electron chi connectivity index (χ3n) is 3.87. The highest BCUT2D eigenvalue weighted by atomic mass is 14.2. The molecule has 3 unspecified atom stereocenters. The van der Waals surface area contributed by atoms with Crippen LogP contribution in [0.1, 0.15) is 48.5 Å². The third kappa shape index (κ3) is 6.15. The SMILES string of the molecule is CC(C)C(C)C=CC=CC(C)C(C)C(C)C. The molecule has 16 heavy (non-hydrogen) atoms. The lowest BCUT2D eigenvalue weighted by atomic mass is 9.86. The molecule has 0 saturated carbocycles. The first-order valence-corrected chi connectivity index (χ1v) is 6.71. The summed E-state index contributed by atoms with van der Waals surface area (Å²) in [6.07, 6.45) is 9.04. The predicted octanol–water partition coefficient (Wildman–Crippen LogP) is 5.32. The van der Waals surface area contributed by atoms with E-state index >= 15 is 0 Å². The van der Waals surface area contributed by atoms with Crippen LogP contribution in [-0.4, -0.2) is 0 Å². The largest absolute Gasteiger partial charge is 0.0815 e. The van der Waals surface area contributed by atoms with Gasteiger partial charge in [0.15, 0.2) is 0 Å². The maximum atomic E-state index is 2.33. The second-order valence-corrected chi connectivity index (χ2v) is 5.84. The summed E-state index contributed by atoms with van der Waals surface area (Å²) in [6.45, 7) is 16.0. The maximum absolute atomic E-state index is 2.33. The van der Waals surface area contributed by atoms with Gasteiger partial charge in [0.1, 0.15) is 0 Å². The molecule has 0 heterocycles. The van der Waals surface area contributed by atoms with Crippen molar-refractivity contribution in [2.45, 2.75) is 48.5 Å². The number of allylic oxidation sites excluding steroid dienone is 4. The summed E-state index contributed by atoms with van der Waals surface area (Å²) < 4.78 is 0. The Balaban J connectivity index is 4.10. The van der Waals surface area contributed by atoms with Crippen LogP contribution in [-0.2, 0) is 0 Å². The molecule has 0 aliphatic heterocycles. The van der Waals surface area contributed by atoms with E-state index in [4.69, 9.17) is 0 Å². The van der Waals surface area contributed by atoms with E-state index in [1.165, 1.54) is 0 Å². The molecule has 0 aromatic carbocycles. The molecule has 0 bridgehead atoms. The van der Waals surface area contributed by atoms with Crippen molar-refractivity contribution >= 4 is 0 Å². The smallest absolute Gasteiger partial charge is 0.0231 e. The molecule has 3 atom stereocenters. The molecule has 0 heteroatoms. The van der Waals surface area contributed by atoms with Gasteiger partial charge in [0.2, 0.25) is 0 Å². The second-order valence-electron chi connectivity index (χ2n) is 5.84. The summed E-state index contributed by atoms with van der Waals surface area (Å²) in [5.41, 5.74) is 0. The molecular formula is C16H30. The van der Waals surface area contributed by atoms with Crippen LogP contribution in [0.2, 0.25) is 0 Å². The van der Waals surface area contributed by atoms with Crippen molar-refractivity contribution in [3.05, 3.63) is 24.3 Å². The summed E-state index contributed by atoms with van der Waals surface area (Å²) in [4.78, 5) is 0. The first kappa shape index (κ1) is 15.5. The Kier molecular flexibility index (Phi) is 7.45. The molecule has 0 fully saturated rings. The van der Waals surface area contributed by atoms with Crippen molar-refractivity contribution in [2.75, 3.05) is 0 Å². The first-order valence-electron chi connectivity index (χ1n) is 6.71. The number of rotatable bonds is 6. The Hall–Kier alpha value is -0.520. The van der Waals surface area contributed by atoms with Gasteiger partial charge in [-0.05, 0) is 29.6 Å². The zero-order valence-corrected chi connectivity index (χ0v) is 12.2. The zero-order chi connectivity index (χ0) is 12.7. The minimum Gasteiger partial charge on any atom is -0.0815 e. The van der Waals surface area contributed by atoms with Crippen LogP contribution >= 0.6 is 0 Å². The van der Waals surface area contributed by atoms with Crippen LogP contribution in [0.3, 0.4) is 0 Å². The molecular weight excluding hydrogens is 192 g/mol. The van der Waals surface area contributed by atoms with Crippen LogP contribution in [0.5, 0.6) is 0 Å². The fourth-order valence-corrected chi connectivity index (χ4v) is 1.48. The van der Waals surface area contributed by atoms with Crippen molar-refractivity contribution in [3.8, 4) is 0 Å². The monoisotopic (exact) mass is 222 g/mol. The summed E-state index contributed by atoms with van der Waals surface area (Å²) in [5.74, 6) is 3.59. The highest BCUT2D eigenvalue weighted by molar-refractivity contribution is 5.06. The Morgan fingerprint density at radius 1 is 0.562 bits per heavy atom. The third-order valence-corrected chi connectivity index (χ3v) is 3.87. The van der Waals surface area contributed by atoms with Gasteiger partial charge in [-0.25, -0.2) is 0 Å². The van der Waals surface area contributed by atoms with Gasteiger partial charge < -0.3 is 0 Å². The van der Waals surface area contributed by atoms with Crippen molar-refractivity contribution in [2.24, 2.45) is 29.6 Å². The van der Waals surface area contributed by atoms with Gasteiger partial charge >= 0.3 is 0 Å². The van der Waals surface area contributed by atoms with Gasteiger partial charge in [0, 0.05) is 0 Å². The van der Waals surface area contributed by atoms with E-state index in [0.29, 0.717) is 11.8 Å². The molecule has 0 aliphatic carbocycles. The summed E-state index contributed by atoms with van der Waals surface area (Å²) >= 11 is 0. The minimum absolute atomic E-state index is 0.666. The predicted molar refractivity (Wildman–Crippen MR) is 75.4 cm³/mol. The van der Waals surface area contributed by atoms with Crippen molar-refractivity contribution in [3.63, 3.8) is 0 Å². The van der Waals surface area contributed by atoms with Gasteiger partial charge in [-0.2, -0.15) is 0 Å². The molecule has 0 N–H and O–H groups in total. The fraction of sp³-hybridized carbons (Fsp3) is 0.750. The zero-order valence-electron chi connectivity index (χ0n) is 12.2. The van der Waals surface area contributed by atoms with E-state index in [9.17, 15) is 0 Å². The van der Waals surface area contributed by atoms with Crippen molar-refractivity contribution in [1.82, 2.24) is 0 Å². The van der Waals surface area contributed by atoms with Crippen LogP contribution in [0.15, 0.2) is 24.3 Å². The Bertz CT molecular complexity index is 220. The van der Waals surface area contributed by atoms with Crippen LogP contribution in [0.25, 0.3) is 0 Å². The molecule has 0 nitrogen and oxygen atoms in total. The summed E-state index contributed by atoms with van der Waals surface area (Å²) in [5, 5.41) is 0. The lowest BCUT2D eigenvalue weighted by Crippen LogP contribution is -2.11. The second kappa shape index (κ2) is 7.70. The van der Waals surface area contributed by atoms with Crippen molar-refractivity contribution in [1.29, 1.82) is 0 Å². The molecule has 0 radical (unpaired) electrons. The van der Waals surface area contributed by atoms with Gasteiger partial charge in [0.25, 0.3) is 0 Å². The summed E-state index contributed by atoms with van der Waals surface area (Å²) in [6, 6.07) is 0. The van der Waals surface area contributed by atoms with E-state index < -0.39 is 0 Å². The normalized spacial score (nSPS) is 18.8. The summed E-state index contributed by atoms with van der Waals surface area (Å²) in [7, 11) is 0. The van der Waals surface area contributed by atoms with Crippen LogP contribution < -0.4 is 0 Å². The molecule has 0 spiro atoms. The maximum Gasteiger partial charge on any atom is -0.0231 e. The number of hydrogen-bond acceptors (Lipinski definition) is 0. The van der Waals surface area contributed by atoms with E-state index in [1.54, 1.807) is 0 Å². The van der Waals surface area contributed by atoms with Gasteiger partial charge in [-0.3, -0.25) is 0 Å². The lowest BCUT2D eigenvalue weighted by Gasteiger charge is -2.20. The van der Waals surface area contributed by atoms with Crippen LogP contribution in [0.4, 0.5) is 0 Å². The standard InChI is InChI=1S/C16H30/c1-12(2)14(5)10-8-9-11-15(6)16(7)13(3)4/h8-16H,1-7H3. The van der Waals surface area contributed by atoms with Crippen molar-refractivity contribution < 1.29 is 0 Å². The van der Waals surface area contributed by atoms with E-state index in [2.05, 4.69) is 72.8 Å². The van der Waals surface area contributed by atoms with Gasteiger partial charge in [0.05, 0.1) is 0 Å². The quantitative estimate of drug-likeness (QED) is 0.534. The molecule has 0 aliphatic rings. The van der Waals surface area contributed by atoms with Gasteiger partial charge in [-0.1, -0.05) is 72.8 Å². The minimum atomic E-state index is 0.666. The molecule has 94 valence electrons. The Labute approximate surface area is 103 Å². The molecule has 0 rings (SSSR count). The van der Waals surface area contributed by atoms with E-state index in [1.807, 2.05) is 0 Å². The first-order chi connectivity index (χ1) is 7.36. The lowest BCUT2D eigenvalue weighted by molar-refractivity contribution is 0.342. The highest BCUT2D eigenvalue weighted by Gasteiger charge is 2.12. The highest BCUT2D eigenvalue weighted by Crippen LogP contribution is 2.21. The average Bonchev–Trinajstić information content (AvgIpc) is 2.22. The molecule has 0 saturated heterocycles. The van der Waals surface area contributed by atoms with Gasteiger partial charge in [-0.15, -0.1) is 0 Å². The molecule has 0 aromatic rings.